The number of nitrogens with zero attached hydrogens (tertiary/aromatic N) is 5. The Labute approximate surface area is 220 Å². The minimum absolute atomic E-state index is 0.148. The molecule has 0 atom stereocenters. The van der Waals surface area contributed by atoms with E-state index in [4.69, 9.17) is 11.5 Å². The first kappa shape index (κ1) is 26.7. The van der Waals surface area contributed by atoms with Gasteiger partial charge in [-0.15, -0.1) is 11.3 Å². The average Bonchev–Trinajstić information content (AvgIpc) is 3.38. The van der Waals surface area contributed by atoms with Gasteiger partial charge in [0.2, 0.25) is 0 Å². The van der Waals surface area contributed by atoms with Crippen molar-refractivity contribution >= 4 is 34.4 Å². The third-order valence-electron chi connectivity index (χ3n) is 6.42. The van der Waals surface area contributed by atoms with Crippen LogP contribution < -0.4 is 21.7 Å². The summed E-state index contributed by atoms with van der Waals surface area (Å²) in [5.41, 5.74) is 13.6. The number of anilines is 3. The lowest BCUT2D eigenvalue weighted by atomic mass is 9.96. The molecule has 0 saturated carbocycles. The molecule has 198 valence electrons. The summed E-state index contributed by atoms with van der Waals surface area (Å²) in [7, 11) is 0. The lowest BCUT2D eigenvalue weighted by Gasteiger charge is -2.31. The number of nitrogens with two attached hydrogens (primary N) is 2. The molecule has 12 heteroatoms. The van der Waals surface area contributed by atoms with Gasteiger partial charge in [0.15, 0.2) is 5.82 Å². The number of carbonyl (C=O) groups is 1. The van der Waals surface area contributed by atoms with Crippen LogP contribution in [0.15, 0.2) is 36.7 Å². The molecule has 1 amide bonds. The van der Waals surface area contributed by atoms with E-state index < -0.39 is 0 Å². The topological polar surface area (TPSA) is 167 Å². The lowest BCUT2D eigenvalue weighted by molar-refractivity contribution is 0.0930. The van der Waals surface area contributed by atoms with Gasteiger partial charge in [-0.3, -0.25) is 14.7 Å². The van der Waals surface area contributed by atoms with Gasteiger partial charge in [0.05, 0.1) is 30.3 Å². The number of aromatic nitrogens is 3. The van der Waals surface area contributed by atoms with Crippen molar-refractivity contribution in [2.24, 2.45) is 5.92 Å². The summed E-state index contributed by atoms with van der Waals surface area (Å²) in [4.78, 5) is 31.4. The Morgan fingerprint density at radius 1 is 1.16 bits per heavy atom. The van der Waals surface area contributed by atoms with Crippen molar-refractivity contribution in [2.75, 3.05) is 62.3 Å². The monoisotopic (exact) mass is 526 g/mol. The van der Waals surface area contributed by atoms with Crippen LogP contribution in [-0.2, 0) is 6.54 Å². The third kappa shape index (κ3) is 6.92. The van der Waals surface area contributed by atoms with E-state index in [2.05, 4.69) is 25.2 Å². The predicted octanol–water partition coefficient (Wildman–Crippen LogP) is 1.20. The van der Waals surface area contributed by atoms with Gasteiger partial charge in [-0.05, 0) is 50.0 Å². The van der Waals surface area contributed by atoms with Crippen molar-refractivity contribution in [1.82, 2.24) is 25.2 Å². The summed E-state index contributed by atoms with van der Waals surface area (Å²) in [6.45, 7) is 3.45. The van der Waals surface area contributed by atoms with Gasteiger partial charge < -0.3 is 31.9 Å². The number of aliphatic hydroxyl groups excluding tert-OH is 2. The highest BCUT2D eigenvalue weighted by atomic mass is 32.1. The Bertz CT molecular complexity index is 1160. The zero-order valence-electron chi connectivity index (χ0n) is 20.7. The van der Waals surface area contributed by atoms with Crippen molar-refractivity contribution in [3.8, 4) is 10.7 Å². The van der Waals surface area contributed by atoms with Gasteiger partial charge >= 0.3 is 0 Å². The number of pyridine rings is 2. The number of piperidine rings is 1. The maximum absolute atomic E-state index is 12.9. The number of rotatable bonds is 11. The van der Waals surface area contributed by atoms with Crippen LogP contribution in [0.4, 0.5) is 17.2 Å². The smallest absolute Gasteiger partial charge is 0.270 e. The predicted molar refractivity (Wildman–Crippen MR) is 145 cm³/mol. The maximum atomic E-state index is 12.9. The minimum Gasteiger partial charge on any atom is -0.397 e. The molecule has 0 aromatic carbocycles. The molecule has 0 unspecified atom stereocenters. The quantitative estimate of drug-likeness (QED) is 0.245. The van der Waals surface area contributed by atoms with Gasteiger partial charge in [-0.2, -0.15) is 0 Å². The van der Waals surface area contributed by atoms with Crippen LogP contribution in [0.3, 0.4) is 0 Å². The number of nitrogens with one attached hydrogen (secondary N) is 1. The van der Waals surface area contributed by atoms with Gasteiger partial charge in [-0.25, -0.2) is 9.97 Å². The summed E-state index contributed by atoms with van der Waals surface area (Å²) in [6.07, 6.45) is 5.67. The molecule has 0 aliphatic carbocycles. The van der Waals surface area contributed by atoms with Gasteiger partial charge in [0, 0.05) is 43.4 Å². The number of hydrogen-bond donors (Lipinski definition) is 5. The molecule has 0 spiro atoms. The highest BCUT2D eigenvalue weighted by molar-refractivity contribution is 7.14. The summed E-state index contributed by atoms with van der Waals surface area (Å²) < 4.78 is 0. The van der Waals surface area contributed by atoms with Crippen molar-refractivity contribution in [3.05, 3.63) is 47.2 Å². The van der Waals surface area contributed by atoms with E-state index in [0.717, 1.165) is 43.2 Å². The summed E-state index contributed by atoms with van der Waals surface area (Å²) in [6, 6.07) is 7.29. The fourth-order valence-electron chi connectivity index (χ4n) is 4.37. The van der Waals surface area contributed by atoms with Crippen LogP contribution in [0.1, 0.15) is 28.2 Å². The number of likely N-dealkylation sites (tertiary alicyclic amines) is 1. The molecular formula is C25H34N8O3S. The zero-order chi connectivity index (χ0) is 26.2. The average molecular weight is 527 g/mol. The third-order valence-corrected chi connectivity index (χ3v) is 7.42. The number of aliphatic hydroxyl groups is 2. The second kappa shape index (κ2) is 12.8. The normalized spacial score (nSPS) is 14.5. The molecule has 4 rings (SSSR count). The van der Waals surface area contributed by atoms with Crippen LogP contribution in [0.25, 0.3) is 10.7 Å². The second-order valence-electron chi connectivity index (χ2n) is 9.04. The van der Waals surface area contributed by atoms with Crippen molar-refractivity contribution in [1.29, 1.82) is 0 Å². The summed E-state index contributed by atoms with van der Waals surface area (Å²) >= 11 is 1.67. The van der Waals surface area contributed by atoms with Crippen molar-refractivity contribution in [3.63, 3.8) is 0 Å². The Morgan fingerprint density at radius 3 is 2.59 bits per heavy atom. The zero-order valence-corrected chi connectivity index (χ0v) is 21.5. The van der Waals surface area contributed by atoms with Crippen LogP contribution in [-0.4, -0.2) is 81.9 Å². The van der Waals surface area contributed by atoms with E-state index >= 15 is 0 Å². The molecule has 4 heterocycles. The molecular weight excluding hydrogens is 492 g/mol. The molecule has 3 aromatic rings. The van der Waals surface area contributed by atoms with Crippen LogP contribution >= 0.6 is 11.3 Å². The van der Waals surface area contributed by atoms with Crippen LogP contribution in [0.5, 0.6) is 0 Å². The summed E-state index contributed by atoms with van der Waals surface area (Å²) in [5.74, 6) is 0.336. The molecule has 1 aliphatic heterocycles. The SMILES string of the molecule is Nc1cc(C(=O)NCC2CCN(Cc3cnc(-c4ccccn4)s3)CC2)nc(N(CCO)CCO)c1N. The molecule has 1 aliphatic rings. The van der Waals surface area contributed by atoms with Crippen molar-refractivity contribution < 1.29 is 15.0 Å². The molecule has 0 radical (unpaired) electrons. The Morgan fingerprint density at radius 2 is 1.92 bits per heavy atom. The molecule has 11 nitrogen and oxygen atoms in total. The lowest BCUT2D eigenvalue weighted by Crippen LogP contribution is -2.38. The second-order valence-corrected chi connectivity index (χ2v) is 10.2. The van der Waals surface area contributed by atoms with E-state index in [0.29, 0.717) is 12.5 Å². The standard InChI is InChI=1S/C25H34N8O3S/c26-19-13-21(31-23(22(19)27)33(9-11-34)10-12-35)24(36)29-14-17-4-7-32(8-5-17)16-18-15-30-25(37-18)20-3-1-2-6-28-20/h1-3,6,13,15,17,34-35H,4-5,7-12,14,16,27H2,(H2,26,31)(H,29,36). The number of carbonyl (C=O) groups excluding carboxylic acids is 1. The number of hydrogen-bond acceptors (Lipinski definition) is 11. The van der Waals surface area contributed by atoms with E-state index in [1.807, 2.05) is 24.4 Å². The maximum Gasteiger partial charge on any atom is 0.270 e. The molecule has 0 bridgehead atoms. The molecule has 3 aromatic heterocycles. The highest BCUT2D eigenvalue weighted by Crippen LogP contribution is 2.28. The molecule has 37 heavy (non-hydrogen) atoms. The fourth-order valence-corrected chi connectivity index (χ4v) is 5.30. The van der Waals surface area contributed by atoms with Crippen LogP contribution in [0.2, 0.25) is 0 Å². The van der Waals surface area contributed by atoms with E-state index in [1.54, 1.807) is 22.4 Å². The highest BCUT2D eigenvalue weighted by Gasteiger charge is 2.22. The Balaban J connectivity index is 1.28. The van der Waals surface area contributed by atoms with E-state index in [9.17, 15) is 15.0 Å². The number of nitrogen functional groups attached to an aromatic ring is 2. The van der Waals surface area contributed by atoms with E-state index in [-0.39, 0.29) is 55.1 Å². The molecule has 1 saturated heterocycles. The first-order valence-corrected chi connectivity index (χ1v) is 13.2. The van der Waals surface area contributed by atoms with Gasteiger partial charge in [0.25, 0.3) is 5.91 Å². The molecule has 1 fully saturated rings. The largest absolute Gasteiger partial charge is 0.397 e. The number of thiazole rings is 1. The van der Waals surface area contributed by atoms with Crippen molar-refractivity contribution in [2.45, 2.75) is 19.4 Å². The molecule has 7 N–H and O–H groups in total. The van der Waals surface area contributed by atoms with E-state index in [1.165, 1.54) is 10.9 Å². The first-order chi connectivity index (χ1) is 18.0. The fraction of sp³-hybridized carbons (Fsp3) is 0.440. The Hall–Kier alpha value is -3.32. The van der Waals surface area contributed by atoms with Crippen LogP contribution in [0, 0.1) is 5.92 Å². The van der Waals surface area contributed by atoms with Gasteiger partial charge in [-0.1, -0.05) is 6.07 Å². The minimum atomic E-state index is -0.324. The summed E-state index contributed by atoms with van der Waals surface area (Å²) in [5, 5.41) is 22.6. The first-order valence-electron chi connectivity index (χ1n) is 12.4. The number of amides is 1. The van der Waals surface area contributed by atoms with Gasteiger partial charge in [0.1, 0.15) is 10.7 Å². The Kier molecular flexibility index (Phi) is 9.23.